The summed E-state index contributed by atoms with van der Waals surface area (Å²) in [4.78, 5) is 23.1. The third kappa shape index (κ3) is 4.06. The molecule has 4 rings (SSSR count). The van der Waals surface area contributed by atoms with Crippen molar-refractivity contribution >= 4 is 23.2 Å². The van der Waals surface area contributed by atoms with Crippen LogP contribution in [0.4, 0.5) is 11.4 Å². The Morgan fingerprint density at radius 3 is 2.38 bits per heavy atom. The third-order valence-corrected chi connectivity index (χ3v) is 4.73. The lowest BCUT2D eigenvalue weighted by molar-refractivity contribution is -0.132. The van der Waals surface area contributed by atoms with Crippen molar-refractivity contribution in [3.63, 3.8) is 0 Å². The van der Waals surface area contributed by atoms with Crippen LogP contribution in [-0.2, 0) is 16.0 Å². The summed E-state index contributed by atoms with van der Waals surface area (Å²) >= 11 is 0. The van der Waals surface area contributed by atoms with E-state index in [9.17, 15) is 14.7 Å². The molecule has 0 atom stereocenters. The van der Waals surface area contributed by atoms with Gasteiger partial charge in [0.1, 0.15) is 0 Å². The Balaban J connectivity index is 0.000000179. The van der Waals surface area contributed by atoms with Crippen molar-refractivity contribution in [2.75, 3.05) is 29.9 Å². The Morgan fingerprint density at radius 2 is 1.75 bits per heavy atom. The Morgan fingerprint density at radius 1 is 1.04 bits per heavy atom. The van der Waals surface area contributed by atoms with Gasteiger partial charge in [-0.1, -0.05) is 6.07 Å². The third-order valence-electron chi connectivity index (χ3n) is 4.73. The smallest absolute Gasteiger partial charge is 0.226 e. The minimum absolute atomic E-state index is 0.0915. The maximum atomic E-state index is 10.3. The van der Waals surface area contributed by atoms with Gasteiger partial charge in [-0.25, -0.2) is 0 Å². The molecule has 0 radical (unpaired) electrons. The number of aliphatic hydroxyl groups is 1. The van der Waals surface area contributed by atoms with Gasteiger partial charge in [0.2, 0.25) is 11.8 Å². The van der Waals surface area contributed by atoms with Gasteiger partial charge in [-0.05, 0) is 37.8 Å². The fraction of sp³-hybridized carbons (Fsp3) is 0.556. The second-order valence-corrected chi connectivity index (χ2v) is 6.52. The first-order chi connectivity index (χ1) is 11.6. The van der Waals surface area contributed by atoms with Crippen molar-refractivity contribution in [2.45, 2.75) is 44.6 Å². The van der Waals surface area contributed by atoms with Crippen molar-refractivity contribution in [3.8, 4) is 0 Å². The zero-order valence-corrected chi connectivity index (χ0v) is 13.9. The standard InChI is InChI=1S/C13H18N2O.C5H7NO2/c16-10-5-8-15(9-6-10)13-3-1-2-12-11(13)4-7-14-12;7-4-2-1-3-5(8)6-4/h1-3,10,14,16H,4-9H2;1-3H2,(H,6,7,8). The number of amides is 2. The number of nitrogens with one attached hydrogen (secondary N) is 2. The van der Waals surface area contributed by atoms with E-state index in [-0.39, 0.29) is 17.9 Å². The quantitative estimate of drug-likeness (QED) is 0.678. The largest absolute Gasteiger partial charge is 0.393 e. The summed E-state index contributed by atoms with van der Waals surface area (Å²) in [6.45, 7) is 3.03. The zero-order chi connectivity index (χ0) is 16.9. The lowest BCUT2D eigenvalue weighted by Gasteiger charge is -2.32. The molecular formula is C18H25N3O3. The van der Waals surface area contributed by atoms with Crippen molar-refractivity contribution in [3.05, 3.63) is 23.8 Å². The average molecular weight is 331 g/mol. The lowest BCUT2D eigenvalue weighted by atomic mass is 10.0. The van der Waals surface area contributed by atoms with E-state index >= 15 is 0 Å². The molecule has 2 amide bonds. The molecule has 3 aliphatic rings. The Labute approximate surface area is 142 Å². The van der Waals surface area contributed by atoms with Gasteiger partial charge in [0.05, 0.1) is 6.10 Å². The number of rotatable bonds is 1. The molecule has 6 heteroatoms. The molecule has 0 saturated carbocycles. The van der Waals surface area contributed by atoms with Crippen LogP contribution in [0, 0.1) is 0 Å². The molecule has 0 aliphatic carbocycles. The minimum Gasteiger partial charge on any atom is -0.393 e. The average Bonchev–Trinajstić information content (AvgIpc) is 3.05. The molecule has 24 heavy (non-hydrogen) atoms. The van der Waals surface area contributed by atoms with E-state index < -0.39 is 0 Å². The van der Waals surface area contributed by atoms with Crippen LogP contribution in [0.5, 0.6) is 0 Å². The van der Waals surface area contributed by atoms with Crippen LogP contribution in [0.3, 0.4) is 0 Å². The van der Waals surface area contributed by atoms with E-state index in [1.54, 1.807) is 0 Å². The van der Waals surface area contributed by atoms with Crippen LogP contribution < -0.4 is 15.5 Å². The maximum Gasteiger partial charge on any atom is 0.226 e. The summed E-state index contributed by atoms with van der Waals surface area (Å²) in [5.41, 5.74) is 4.12. The molecule has 0 unspecified atom stereocenters. The highest BCUT2D eigenvalue weighted by Crippen LogP contribution is 2.33. The van der Waals surface area contributed by atoms with E-state index in [1.807, 2.05) is 0 Å². The van der Waals surface area contributed by atoms with E-state index in [4.69, 9.17) is 0 Å². The Kier molecular flexibility index (Phi) is 5.35. The number of nitrogens with zero attached hydrogens (tertiary/aromatic N) is 1. The maximum absolute atomic E-state index is 10.3. The summed E-state index contributed by atoms with van der Waals surface area (Å²) in [5, 5.41) is 15.1. The summed E-state index contributed by atoms with van der Waals surface area (Å²) in [5.74, 6) is -0.275. The van der Waals surface area contributed by atoms with Gasteiger partial charge in [0, 0.05) is 49.4 Å². The van der Waals surface area contributed by atoms with Gasteiger partial charge >= 0.3 is 0 Å². The molecule has 2 saturated heterocycles. The molecule has 1 aromatic carbocycles. The molecule has 3 aliphatic heterocycles. The number of benzene rings is 1. The first-order valence-electron chi connectivity index (χ1n) is 8.75. The number of hydrogen-bond donors (Lipinski definition) is 3. The number of carbonyl (C=O) groups excluding carboxylic acids is 2. The topological polar surface area (TPSA) is 81.7 Å². The molecule has 2 fully saturated rings. The van der Waals surface area contributed by atoms with E-state index in [1.165, 1.54) is 16.9 Å². The van der Waals surface area contributed by atoms with Gasteiger partial charge in [0.15, 0.2) is 0 Å². The van der Waals surface area contributed by atoms with Gasteiger partial charge in [-0.15, -0.1) is 0 Å². The normalized spacial score (nSPS) is 20.6. The molecule has 0 spiro atoms. The van der Waals surface area contributed by atoms with Crippen LogP contribution in [0.15, 0.2) is 18.2 Å². The number of fused-ring (bicyclic) bond motifs is 1. The summed E-state index contributed by atoms with van der Waals surface area (Å²) in [6, 6.07) is 6.49. The predicted molar refractivity (Wildman–Crippen MR) is 93.1 cm³/mol. The number of aliphatic hydroxyl groups excluding tert-OH is 1. The first kappa shape index (κ1) is 16.8. The number of piperidine rings is 2. The van der Waals surface area contributed by atoms with Crippen LogP contribution in [-0.4, -0.2) is 42.7 Å². The molecule has 1 aromatic rings. The van der Waals surface area contributed by atoms with Gasteiger partial charge in [0.25, 0.3) is 0 Å². The molecular weight excluding hydrogens is 306 g/mol. The van der Waals surface area contributed by atoms with Crippen LogP contribution in [0.1, 0.15) is 37.7 Å². The fourth-order valence-corrected chi connectivity index (χ4v) is 3.42. The number of hydrogen-bond acceptors (Lipinski definition) is 5. The molecule has 0 aromatic heterocycles. The monoisotopic (exact) mass is 331 g/mol. The van der Waals surface area contributed by atoms with Crippen molar-refractivity contribution < 1.29 is 14.7 Å². The summed E-state index contributed by atoms with van der Waals surface area (Å²) in [7, 11) is 0. The first-order valence-corrected chi connectivity index (χ1v) is 8.75. The lowest BCUT2D eigenvalue weighted by Crippen LogP contribution is -2.36. The molecule has 3 heterocycles. The van der Waals surface area contributed by atoms with Crippen molar-refractivity contribution in [1.29, 1.82) is 0 Å². The summed E-state index contributed by atoms with van der Waals surface area (Å²) in [6.07, 6.45) is 4.56. The van der Waals surface area contributed by atoms with Gasteiger partial charge < -0.3 is 15.3 Å². The second kappa shape index (κ2) is 7.66. The van der Waals surface area contributed by atoms with E-state index in [2.05, 4.69) is 33.7 Å². The highest BCUT2D eigenvalue weighted by Gasteiger charge is 2.22. The zero-order valence-electron chi connectivity index (χ0n) is 13.9. The molecule has 6 nitrogen and oxygen atoms in total. The molecule has 0 bridgehead atoms. The van der Waals surface area contributed by atoms with Gasteiger partial charge in [-0.3, -0.25) is 14.9 Å². The van der Waals surface area contributed by atoms with Crippen molar-refractivity contribution in [1.82, 2.24) is 5.32 Å². The van der Waals surface area contributed by atoms with Crippen LogP contribution in [0.2, 0.25) is 0 Å². The highest BCUT2D eigenvalue weighted by atomic mass is 16.3. The molecule has 130 valence electrons. The predicted octanol–water partition coefficient (Wildman–Crippen LogP) is 1.43. The number of carbonyl (C=O) groups is 2. The van der Waals surface area contributed by atoms with Gasteiger partial charge in [-0.2, -0.15) is 0 Å². The second-order valence-electron chi connectivity index (χ2n) is 6.52. The van der Waals surface area contributed by atoms with E-state index in [0.717, 1.165) is 38.9 Å². The Hall–Kier alpha value is -2.08. The van der Waals surface area contributed by atoms with E-state index in [0.29, 0.717) is 19.3 Å². The number of imide groups is 1. The summed E-state index contributed by atoms with van der Waals surface area (Å²) < 4.78 is 0. The minimum atomic E-state index is -0.138. The van der Waals surface area contributed by atoms with Crippen molar-refractivity contribution in [2.24, 2.45) is 0 Å². The Bertz CT molecular complexity index is 596. The fourth-order valence-electron chi connectivity index (χ4n) is 3.42. The number of anilines is 2. The molecule has 3 N–H and O–H groups in total. The van der Waals surface area contributed by atoms with Crippen LogP contribution >= 0.6 is 0 Å². The highest BCUT2D eigenvalue weighted by molar-refractivity contribution is 5.97. The SMILES string of the molecule is O=C1CCCC(=O)N1.OC1CCN(c2cccc3c2CCN3)CC1. The van der Waals surface area contributed by atoms with Crippen LogP contribution in [0.25, 0.3) is 0 Å².